The molecule has 0 radical (unpaired) electrons. The number of benzene rings is 2. The van der Waals surface area contributed by atoms with Crippen LogP contribution in [-0.4, -0.2) is 41.1 Å². The van der Waals surface area contributed by atoms with Crippen LogP contribution in [0.25, 0.3) is 0 Å². The Morgan fingerprint density at radius 2 is 1.85 bits per heavy atom. The summed E-state index contributed by atoms with van der Waals surface area (Å²) in [6.45, 7) is 0.868. The number of carbonyl (C=O) groups excluding carboxylic acids is 1. The Balaban J connectivity index is 1.95. The number of carbonyl (C=O) groups is 1. The van der Waals surface area contributed by atoms with E-state index in [2.05, 4.69) is 10.0 Å². The standard InChI is InChI=1S/C18H23N3O4S/c1-25-12-11-21-26(23,24)17-4-2-3-15(13-17)18(22)20-10-9-14-5-7-16(19)8-6-14/h2-8,13,21H,9-12,19H2,1H3,(H,20,22). The number of nitrogen functional groups attached to an aromatic ring is 1. The zero-order valence-electron chi connectivity index (χ0n) is 14.6. The summed E-state index contributed by atoms with van der Waals surface area (Å²) in [6.07, 6.45) is 0.655. The molecule has 0 saturated heterocycles. The van der Waals surface area contributed by atoms with E-state index in [-0.39, 0.29) is 29.5 Å². The predicted octanol–water partition coefficient (Wildman–Crippen LogP) is 1.17. The third-order valence-corrected chi connectivity index (χ3v) is 5.14. The van der Waals surface area contributed by atoms with Gasteiger partial charge in [0.1, 0.15) is 0 Å². The molecular weight excluding hydrogens is 354 g/mol. The second-order valence-corrected chi connectivity index (χ2v) is 7.43. The quantitative estimate of drug-likeness (QED) is 0.449. The summed E-state index contributed by atoms with van der Waals surface area (Å²) in [4.78, 5) is 12.3. The predicted molar refractivity (Wildman–Crippen MR) is 100 cm³/mol. The Kier molecular flexibility index (Phi) is 7.14. The summed E-state index contributed by atoms with van der Waals surface area (Å²) >= 11 is 0. The number of amides is 1. The van der Waals surface area contributed by atoms with E-state index in [1.165, 1.54) is 19.2 Å². The summed E-state index contributed by atoms with van der Waals surface area (Å²) in [5.41, 5.74) is 7.67. The zero-order chi connectivity index (χ0) is 19.0. The monoisotopic (exact) mass is 377 g/mol. The van der Waals surface area contributed by atoms with E-state index in [0.29, 0.717) is 18.7 Å². The van der Waals surface area contributed by atoms with Crippen molar-refractivity contribution in [2.45, 2.75) is 11.3 Å². The maximum Gasteiger partial charge on any atom is 0.251 e. The van der Waals surface area contributed by atoms with E-state index in [9.17, 15) is 13.2 Å². The van der Waals surface area contributed by atoms with Crippen LogP contribution in [0.5, 0.6) is 0 Å². The van der Waals surface area contributed by atoms with Gasteiger partial charge in [0.2, 0.25) is 10.0 Å². The van der Waals surface area contributed by atoms with Crippen molar-refractivity contribution in [1.82, 2.24) is 10.0 Å². The number of sulfonamides is 1. The maximum atomic E-state index is 12.3. The first-order chi connectivity index (χ1) is 12.4. The highest BCUT2D eigenvalue weighted by Crippen LogP contribution is 2.11. The molecule has 8 heteroatoms. The molecule has 0 unspecified atom stereocenters. The summed E-state index contributed by atoms with van der Waals surface area (Å²) in [5, 5.41) is 2.79. The van der Waals surface area contributed by atoms with Crippen molar-refractivity contribution < 1.29 is 17.9 Å². The van der Waals surface area contributed by atoms with E-state index in [1.54, 1.807) is 12.1 Å². The second-order valence-electron chi connectivity index (χ2n) is 5.67. The van der Waals surface area contributed by atoms with Gasteiger partial charge in [-0.25, -0.2) is 13.1 Å². The Hall–Kier alpha value is -2.42. The zero-order valence-corrected chi connectivity index (χ0v) is 15.4. The number of hydrogen-bond acceptors (Lipinski definition) is 5. The molecule has 2 aromatic rings. The molecule has 0 aliphatic heterocycles. The van der Waals surface area contributed by atoms with Gasteiger partial charge >= 0.3 is 0 Å². The third-order valence-electron chi connectivity index (χ3n) is 3.68. The van der Waals surface area contributed by atoms with Crippen LogP contribution in [0.1, 0.15) is 15.9 Å². The molecule has 0 bridgehead atoms. The van der Waals surface area contributed by atoms with Crippen molar-refractivity contribution in [2.75, 3.05) is 32.5 Å². The number of ether oxygens (including phenoxy) is 1. The average molecular weight is 377 g/mol. The van der Waals surface area contributed by atoms with Crippen LogP contribution >= 0.6 is 0 Å². The first-order valence-electron chi connectivity index (χ1n) is 8.13. The van der Waals surface area contributed by atoms with Gasteiger partial charge in [-0.05, 0) is 42.3 Å². The van der Waals surface area contributed by atoms with E-state index >= 15 is 0 Å². The number of rotatable bonds is 9. The molecule has 0 aliphatic rings. The van der Waals surface area contributed by atoms with Gasteiger partial charge in [-0.2, -0.15) is 0 Å². The van der Waals surface area contributed by atoms with Gasteiger partial charge in [-0.3, -0.25) is 4.79 Å². The first-order valence-corrected chi connectivity index (χ1v) is 9.62. The number of methoxy groups -OCH3 is 1. The molecule has 2 rings (SSSR count). The summed E-state index contributed by atoms with van der Waals surface area (Å²) in [6, 6.07) is 13.3. The minimum absolute atomic E-state index is 0.0415. The summed E-state index contributed by atoms with van der Waals surface area (Å²) in [5.74, 6) is -0.325. The van der Waals surface area contributed by atoms with Gasteiger partial charge in [0.05, 0.1) is 11.5 Å². The maximum absolute atomic E-state index is 12.3. The molecule has 0 heterocycles. The molecule has 0 spiro atoms. The molecule has 0 aromatic heterocycles. The third kappa shape index (κ3) is 5.83. The fourth-order valence-electron chi connectivity index (χ4n) is 2.27. The minimum atomic E-state index is -3.68. The lowest BCUT2D eigenvalue weighted by atomic mass is 10.1. The van der Waals surface area contributed by atoms with Crippen molar-refractivity contribution in [3.63, 3.8) is 0 Å². The molecule has 2 aromatic carbocycles. The van der Waals surface area contributed by atoms with Crippen molar-refractivity contribution in [1.29, 1.82) is 0 Å². The SMILES string of the molecule is COCCNS(=O)(=O)c1cccc(C(=O)NCCc2ccc(N)cc2)c1. The Morgan fingerprint density at radius 3 is 2.54 bits per heavy atom. The molecule has 0 atom stereocenters. The molecule has 140 valence electrons. The molecule has 7 nitrogen and oxygen atoms in total. The van der Waals surface area contributed by atoms with Crippen molar-refractivity contribution >= 4 is 21.6 Å². The van der Waals surface area contributed by atoms with Crippen LogP contribution in [0.15, 0.2) is 53.4 Å². The van der Waals surface area contributed by atoms with E-state index < -0.39 is 10.0 Å². The van der Waals surface area contributed by atoms with Crippen molar-refractivity contribution in [3.05, 3.63) is 59.7 Å². The van der Waals surface area contributed by atoms with Crippen LogP contribution in [0.4, 0.5) is 5.69 Å². The molecule has 4 N–H and O–H groups in total. The number of anilines is 1. The number of hydrogen-bond donors (Lipinski definition) is 3. The number of nitrogens with one attached hydrogen (secondary N) is 2. The van der Waals surface area contributed by atoms with Crippen LogP contribution in [0.3, 0.4) is 0 Å². The molecule has 1 amide bonds. The Labute approximate surface area is 153 Å². The smallest absolute Gasteiger partial charge is 0.251 e. The highest BCUT2D eigenvalue weighted by Gasteiger charge is 2.15. The Morgan fingerprint density at radius 1 is 1.12 bits per heavy atom. The van der Waals surface area contributed by atoms with Gasteiger partial charge < -0.3 is 15.8 Å². The van der Waals surface area contributed by atoms with Gasteiger partial charge in [0.15, 0.2) is 0 Å². The largest absolute Gasteiger partial charge is 0.399 e. The highest BCUT2D eigenvalue weighted by molar-refractivity contribution is 7.89. The minimum Gasteiger partial charge on any atom is -0.399 e. The first kappa shape index (κ1) is 19.9. The fraction of sp³-hybridized carbons (Fsp3) is 0.278. The fourth-order valence-corrected chi connectivity index (χ4v) is 3.33. The van der Waals surface area contributed by atoms with E-state index in [1.807, 2.05) is 24.3 Å². The molecular formula is C18H23N3O4S. The summed E-state index contributed by atoms with van der Waals surface area (Å²) < 4.78 is 31.6. The van der Waals surface area contributed by atoms with Gasteiger partial charge in [0, 0.05) is 31.5 Å². The van der Waals surface area contributed by atoms with E-state index in [0.717, 1.165) is 5.56 Å². The van der Waals surface area contributed by atoms with Crippen molar-refractivity contribution in [3.8, 4) is 0 Å². The van der Waals surface area contributed by atoms with Gasteiger partial charge in [-0.1, -0.05) is 18.2 Å². The van der Waals surface area contributed by atoms with E-state index in [4.69, 9.17) is 10.5 Å². The van der Waals surface area contributed by atoms with Crippen LogP contribution < -0.4 is 15.8 Å². The van der Waals surface area contributed by atoms with Crippen molar-refractivity contribution in [2.24, 2.45) is 0 Å². The Bertz CT molecular complexity index is 836. The van der Waals surface area contributed by atoms with Crippen LogP contribution in [-0.2, 0) is 21.2 Å². The summed E-state index contributed by atoms with van der Waals surface area (Å²) in [7, 11) is -2.19. The van der Waals surface area contributed by atoms with Crippen LogP contribution in [0.2, 0.25) is 0 Å². The molecule has 0 saturated carbocycles. The highest BCUT2D eigenvalue weighted by atomic mass is 32.2. The molecule has 0 fully saturated rings. The molecule has 0 aliphatic carbocycles. The van der Waals surface area contributed by atoms with Crippen LogP contribution in [0, 0.1) is 0 Å². The lowest BCUT2D eigenvalue weighted by Gasteiger charge is -2.09. The lowest BCUT2D eigenvalue weighted by Crippen LogP contribution is -2.28. The average Bonchev–Trinajstić information content (AvgIpc) is 2.63. The lowest BCUT2D eigenvalue weighted by molar-refractivity contribution is 0.0954. The second kappa shape index (κ2) is 9.33. The van der Waals surface area contributed by atoms with Gasteiger partial charge in [0.25, 0.3) is 5.91 Å². The normalized spacial score (nSPS) is 11.3. The molecule has 26 heavy (non-hydrogen) atoms. The number of nitrogens with two attached hydrogens (primary N) is 1. The topological polar surface area (TPSA) is 111 Å². The van der Waals surface area contributed by atoms with Gasteiger partial charge in [-0.15, -0.1) is 0 Å².